The Hall–Kier alpha value is -4.34. The Balaban J connectivity index is 1.87. The normalized spacial score (nSPS) is 10.7. The SMILES string of the molecule is COc1cc(/C=C/C(=O)OCCOC(=O)/C=C/c2cc(OC)c(OC)c(OC)c2)cc(OC)c1OC. The van der Waals surface area contributed by atoms with Crippen LogP contribution in [-0.2, 0) is 19.1 Å². The summed E-state index contributed by atoms with van der Waals surface area (Å²) in [6.07, 6.45) is 5.57. The monoisotopic (exact) mass is 502 g/mol. The highest BCUT2D eigenvalue weighted by molar-refractivity contribution is 5.88. The molecule has 0 amide bonds. The number of hydrogen-bond donors (Lipinski definition) is 0. The summed E-state index contributed by atoms with van der Waals surface area (Å²) < 4.78 is 41.8. The van der Waals surface area contributed by atoms with E-state index in [1.807, 2.05) is 0 Å². The Morgan fingerprint density at radius 2 is 0.861 bits per heavy atom. The van der Waals surface area contributed by atoms with E-state index in [0.29, 0.717) is 45.6 Å². The molecule has 0 fully saturated rings. The fraction of sp³-hybridized carbons (Fsp3) is 0.308. The van der Waals surface area contributed by atoms with Gasteiger partial charge in [0.25, 0.3) is 0 Å². The molecule has 0 bridgehead atoms. The first kappa shape index (κ1) is 27.9. The van der Waals surface area contributed by atoms with Crippen molar-refractivity contribution in [2.45, 2.75) is 0 Å². The number of ether oxygens (including phenoxy) is 8. The van der Waals surface area contributed by atoms with Crippen LogP contribution in [0.15, 0.2) is 36.4 Å². The number of carbonyl (C=O) groups excluding carboxylic acids is 2. The Kier molecular flexibility index (Phi) is 11.0. The van der Waals surface area contributed by atoms with Crippen molar-refractivity contribution in [1.29, 1.82) is 0 Å². The molecule has 0 aliphatic heterocycles. The zero-order valence-electron chi connectivity index (χ0n) is 21.1. The van der Waals surface area contributed by atoms with Gasteiger partial charge in [-0.15, -0.1) is 0 Å². The molecule has 36 heavy (non-hydrogen) atoms. The van der Waals surface area contributed by atoms with Gasteiger partial charge < -0.3 is 37.9 Å². The fourth-order valence-corrected chi connectivity index (χ4v) is 3.10. The van der Waals surface area contributed by atoms with Crippen LogP contribution in [0.1, 0.15) is 11.1 Å². The number of carbonyl (C=O) groups is 2. The zero-order valence-corrected chi connectivity index (χ0v) is 21.1. The summed E-state index contributed by atoms with van der Waals surface area (Å²) >= 11 is 0. The van der Waals surface area contributed by atoms with Crippen LogP contribution >= 0.6 is 0 Å². The molecule has 2 rings (SSSR count). The first-order valence-electron chi connectivity index (χ1n) is 10.7. The van der Waals surface area contributed by atoms with Gasteiger partial charge in [-0.25, -0.2) is 9.59 Å². The largest absolute Gasteiger partial charge is 0.493 e. The second-order valence-electron chi connectivity index (χ2n) is 6.92. The van der Waals surface area contributed by atoms with Gasteiger partial charge in [0.2, 0.25) is 11.5 Å². The van der Waals surface area contributed by atoms with Crippen molar-refractivity contribution in [2.75, 3.05) is 55.9 Å². The number of methoxy groups -OCH3 is 6. The first-order chi connectivity index (χ1) is 17.4. The quantitative estimate of drug-likeness (QED) is 0.229. The van der Waals surface area contributed by atoms with E-state index in [1.54, 1.807) is 36.4 Å². The molecule has 0 aliphatic carbocycles. The molecule has 2 aromatic carbocycles. The zero-order chi connectivity index (χ0) is 26.5. The smallest absolute Gasteiger partial charge is 0.330 e. The Morgan fingerprint density at radius 3 is 1.11 bits per heavy atom. The van der Waals surface area contributed by atoms with Crippen LogP contribution in [0.5, 0.6) is 34.5 Å². The predicted octanol–water partition coefficient (Wildman–Crippen LogP) is 3.55. The predicted molar refractivity (Wildman–Crippen MR) is 132 cm³/mol. The maximum Gasteiger partial charge on any atom is 0.330 e. The summed E-state index contributed by atoms with van der Waals surface area (Å²) in [6.45, 7) is -0.218. The van der Waals surface area contributed by atoms with E-state index in [1.165, 1.54) is 54.8 Å². The number of rotatable bonds is 13. The molecule has 10 heteroatoms. The number of hydrogen-bond acceptors (Lipinski definition) is 10. The number of benzene rings is 2. The van der Waals surface area contributed by atoms with Gasteiger partial charge >= 0.3 is 11.9 Å². The van der Waals surface area contributed by atoms with E-state index in [-0.39, 0.29) is 13.2 Å². The van der Waals surface area contributed by atoms with Crippen LogP contribution in [0.25, 0.3) is 12.2 Å². The van der Waals surface area contributed by atoms with Crippen molar-refractivity contribution in [3.8, 4) is 34.5 Å². The molecule has 0 aromatic heterocycles. The maximum absolute atomic E-state index is 12.0. The first-order valence-corrected chi connectivity index (χ1v) is 10.7. The Bertz CT molecular complexity index is 966. The molecule has 194 valence electrons. The molecule has 0 saturated heterocycles. The minimum Gasteiger partial charge on any atom is -0.493 e. The van der Waals surface area contributed by atoms with E-state index in [9.17, 15) is 9.59 Å². The highest BCUT2D eigenvalue weighted by Crippen LogP contribution is 2.39. The van der Waals surface area contributed by atoms with Gasteiger partial charge in [0.15, 0.2) is 23.0 Å². The lowest BCUT2D eigenvalue weighted by Gasteiger charge is -2.12. The Morgan fingerprint density at radius 1 is 0.556 bits per heavy atom. The highest BCUT2D eigenvalue weighted by Gasteiger charge is 2.13. The molecule has 0 aliphatic rings. The summed E-state index contributed by atoms with van der Waals surface area (Å²) in [4.78, 5) is 24.0. The molecular weight excluding hydrogens is 472 g/mol. The Labute approximate surface area is 209 Å². The van der Waals surface area contributed by atoms with Crippen molar-refractivity contribution >= 4 is 24.1 Å². The van der Waals surface area contributed by atoms with E-state index in [2.05, 4.69) is 0 Å². The molecule has 10 nitrogen and oxygen atoms in total. The highest BCUT2D eigenvalue weighted by atomic mass is 16.6. The van der Waals surface area contributed by atoms with Crippen LogP contribution in [0.4, 0.5) is 0 Å². The van der Waals surface area contributed by atoms with Crippen LogP contribution in [0.3, 0.4) is 0 Å². The van der Waals surface area contributed by atoms with E-state index >= 15 is 0 Å². The fourth-order valence-electron chi connectivity index (χ4n) is 3.10. The van der Waals surface area contributed by atoms with Crippen LogP contribution in [-0.4, -0.2) is 67.8 Å². The molecular formula is C26H30O10. The molecule has 0 saturated carbocycles. The molecule has 0 atom stereocenters. The van der Waals surface area contributed by atoms with Gasteiger partial charge in [-0.1, -0.05) is 0 Å². The lowest BCUT2D eigenvalue weighted by molar-refractivity contribution is -0.145. The van der Waals surface area contributed by atoms with Gasteiger partial charge in [-0.3, -0.25) is 0 Å². The number of esters is 2. The third-order valence-corrected chi connectivity index (χ3v) is 4.77. The van der Waals surface area contributed by atoms with E-state index in [4.69, 9.17) is 37.9 Å². The van der Waals surface area contributed by atoms with Gasteiger partial charge in [0, 0.05) is 12.2 Å². The second-order valence-corrected chi connectivity index (χ2v) is 6.92. The van der Waals surface area contributed by atoms with Crippen LogP contribution in [0, 0.1) is 0 Å². The average Bonchev–Trinajstić information content (AvgIpc) is 2.91. The molecule has 0 N–H and O–H groups in total. The summed E-state index contributed by atoms with van der Waals surface area (Å²) in [6, 6.07) is 6.75. The van der Waals surface area contributed by atoms with Crippen molar-refractivity contribution < 1.29 is 47.5 Å². The van der Waals surface area contributed by atoms with Crippen LogP contribution in [0.2, 0.25) is 0 Å². The molecule has 0 unspecified atom stereocenters. The van der Waals surface area contributed by atoms with Gasteiger partial charge in [-0.05, 0) is 47.5 Å². The van der Waals surface area contributed by atoms with E-state index in [0.717, 1.165) is 0 Å². The average molecular weight is 503 g/mol. The summed E-state index contributed by atoms with van der Waals surface area (Å²) in [5.41, 5.74) is 1.29. The second kappa shape index (κ2) is 14.1. The third-order valence-electron chi connectivity index (χ3n) is 4.77. The molecule has 0 spiro atoms. The molecule has 0 radical (unpaired) electrons. The van der Waals surface area contributed by atoms with Crippen molar-refractivity contribution in [1.82, 2.24) is 0 Å². The van der Waals surface area contributed by atoms with Crippen molar-refractivity contribution in [3.63, 3.8) is 0 Å². The minimum absolute atomic E-state index is 0.109. The van der Waals surface area contributed by atoms with Crippen molar-refractivity contribution in [3.05, 3.63) is 47.5 Å². The van der Waals surface area contributed by atoms with E-state index < -0.39 is 11.9 Å². The third kappa shape index (κ3) is 7.59. The lowest BCUT2D eigenvalue weighted by Crippen LogP contribution is -2.11. The summed E-state index contributed by atoms with van der Waals surface area (Å²) in [7, 11) is 9.01. The topological polar surface area (TPSA) is 108 Å². The minimum atomic E-state index is -0.604. The molecule has 2 aromatic rings. The van der Waals surface area contributed by atoms with Gasteiger partial charge in [-0.2, -0.15) is 0 Å². The maximum atomic E-state index is 12.0. The summed E-state index contributed by atoms with van der Waals surface area (Å²) in [5.74, 6) is 1.50. The standard InChI is InChI=1S/C26H30O10/c1-29-19-13-17(14-20(30-2)25(19)33-5)7-9-23(27)35-11-12-36-24(28)10-8-18-15-21(31-3)26(34-6)22(16-18)32-4/h7-10,13-16H,11-12H2,1-6H3/b9-7+,10-8+. The summed E-state index contributed by atoms with van der Waals surface area (Å²) in [5, 5.41) is 0. The lowest BCUT2D eigenvalue weighted by atomic mass is 10.1. The van der Waals surface area contributed by atoms with Crippen molar-refractivity contribution in [2.24, 2.45) is 0 Å². The van der Waals surface area contributed by atoms with Gasteiger partial charge in [0.05, 0.1) is 42.7 Å². The van der Waals surface area contributed by atoms with Gasteiger partial charge in [0.1, 0.15) is 13.2 Å². The van der Waals surface area contributed by atoms with Crippen LogP contribution < -0.4 is 28.4 Å². The molecule has 0 heterocycles.